The zero-order chi connectivity index (χ0) is 16.1. The van der Waals surface area contributed by atoms with Gasteiger partial charge in [0.15, 0.2) is 0 Å². The maximum Gasteiger partial charge on any atom is 0.263 e. The van der Waals surface area contributed by atoms with Crippen LogP contribution in [0, 0.1) is 5.92 Å². The van der Waals surface area contributed by atoms with Gasteiger partial charge in [-0.1, -0.05) is 36.4 Å². The first kappa shape index (κ1) is 15.7. The lowest BCUT2D eigenvalue weighted by molar-refractivity contribution is -0.126. The van der Waals surface area contributed by atoms with E-state index in [1.807, 2.05) is 52.7 Å². The van der Waals surface area contributed by atoms with Crippen molar-refractivity contribution in [2.24, 2.45) is 5.92 Å². The van der Waals surface area contributed by atoms with Crippen LogP contribution in [0.25, 0.3) is 0 Å². The highest BCUT2D eigenvalue weighted by atomic mass is 32.1. The smallest absolute Gasteiger partial charge is 0.263 e. The molecule has 0 saturated carbocycles. The van der Waals surface area contributed by atoms with Gasteiger partial charge < -0.3 is 10.2 Å². The van der Waals surface area contributed by atoms with Crippen molar-refractivity contribution in [1.29, 1.82) is 0 Å². The average molecular weight is 328 g/mol. The van der Waals surface area contributed by atoms with Crippen LogP contribution in [0.1, 0.15) is 28.1 Å². The minimum atomic E-state index is 0.00565. The summed E-state index contributed by atoms with van der Waals surface area (Å²) < 4.78 is 0. The van der Waals surface area contributed by atoms with Gasteiger partial charge in [0.25, 0.3) is 5.91 Å². The number of likely N-dealkylation sites (tertiary alicyclic amines) is 1. The van der Waals surface area contributed by atoms with E-state index in [-0.39, 0.29) is 17.7 Å². The third kappa shape index (κ3) is 3.99. The first-order valence-electron chi connectivity index (χ1n) is 7.88. The maximum absolute atomic E-state index is 12.3. The molecule has 2 aromatic rings. The zero-order valence-electron chi connectivity index (χ0n) is 12.9. The summed E-state index contributed by atoms with van der Waals surface area (Å²) in [6, 6.07) is 13.6. The highest BCUT2D eigenvalue weighted by Crippen LogP contribution is 2.21. The second-order valence-electron chi connectivity index (χ2n) is 5.75. The monoisotopic (exact) mass is 328 g/mol. The van der Waals surface area contributed by atoms with Crippen molar-refractivity contribution in [2.45, 2.75) is 19.4 Å². The summed E-state index contributed by atoms with van der Waals surface area (Å²) in [4.78, 5) is 27.2. The number of nitrogens with zero attached hydrogens (tertiary/aromatic N) is 1. The Morgan fingerprint density at radius 3 is 2.48 bits per heavy atom. The van der Waals surface area contributed by atoms with Gasteiger partial charge in [0, 0.05) is 25.6 Å². The van der Waals surface area contributed by atoms with E-state index in [2.05, 4.69) is 5.32 Å². The van der Waals surface area contributed by atoms with E-state index < -0.39 is 0 Å². The molecule has 1 aromatic carbocycles. The second kappa shape index (κ2) is 7.42. The van der Waals surface area contributed by atoms with Crippen LogP contribution >= 0.6 is 11.3 Å². The van der Waals surface area contributed by atoms with Crippen molar-refractivity contribution in [3.8, 4) is 0 Å². The molecule has 0 aliphatic carbocycles. The maximum atomic E-state index is 12.3. The lowest BCUT2D eigenvalue weighted by Gasteiger charge is -2.31. The van der Waals surface area contributed by atoms with Gasteiger partial charge in [-0.2, -0.15) is 0 Å². The minimum Gasteiger partial charge on any atom is -0.352 e. The molecule has 120 valence electrons. The Bertz CT molecular complexity index is 647. The van der Waals surface area contributed by atoms with Crippen molar-refractivity contribution in [2.75, 3.05) is 13.1 Å². The number of rotatable bonds is 4. The van der Waals surface area contributed by atoms with Gasteiger partial charge in [0.05, 0.1) is 4.88 Å². The van der Waals surface area contributed by atoms with E-state index in [0.717, 1.165) is 23.3 Å². The van der Waals surface area contributed by atoms with Crippen LogP contribution in [-0.4, -0.2) is 29.8 Å². The number of hydrogen-bond donors (Lipinski definition) is 1. The lowest BCUT2D eigenvalue weighted by atomic mass is 9.95. The van der Waals surface area contributed by atoms with Crippen molar-refractivity contribution < 1.29 is 9.59 Å². The molecule has 0 radical (unpaired) electrons. The topological polar surface area (TPSA) is 49.4 Å². The molecule has 1 N–H and O–H groups in total. The summed E-state index contributed by atoms with van der Waals surface area (Å²) in [7, 11) is 0. The molecule has 3 rings (SSSR count). The number of carbonyl (C=O) groups is 2. The summed E-state index contributed by atoms with van der Waals surface area (Å²) in [5.74, 6) is 0.186. The number of hydrogen-bond acceptors (Lipinski definition) is 3. The van der Waals surface area contributed by atoms with E-state index >= 15 is 0 Å². The summed E-state index contributed by atoms with van der Waals surface area (Å²) in [6.07, 6.45) is 1.47. The predicted molar refractivity (Wildman–Crippen MR) is 91.2 cm³/mol. The molecule has 1 aliphatic rings. The second-order valence-corrected chi connectivity index (χ2v) is 6.69. The molecule has 2 heterocycles. The first-order valence-corrected chi connectivity index (χ1v) is 8.76. The molecular weight excluding hydrogens is 308 g/mol. The fourth-order valence-electron chi connectivity index (χ4n) is 2.83. The van der Waals surface area contributed by atoms with Crippen LogP contribution in [0.4, 0.5) is 0 Å². The molecule has 5 heteroatoms. The fraction of sp³-hybridized carbons (Fsp3) is 0.333. The summed E-state index contributed by atoms with van der Waals surface area (Å²) >= 11 is 1.47. The molecule has 23 heavy (non-hydrogen) atoms. The van der Waals surface area contributed by atoms with Gasteiger partial charge in [0.1, 0.15) is 0 Å². The Balaban J connectivity index is 1.47. The van der Waals surface area contributed by atoms with Crippen LogP contribution in [0.2, 0.25) is 0 Å². The van der Waals surface area contributed by atoms with Gasteiger partial charge in [-0.3, -0.25) is 9.59 Å². The van der Waals surface area contributed by atoms with Gasteiger partial charge in [-0.15, -0.1) is 11.3 Å². The number of amides is 2. The van der Waals surface area contributed by atoms with Crippen molar-refractivity contribution in [3.63, 3.8) is 0 Å². The Morgan fingerprint density at radius 2 is 1.83 bits per heavy atom. The molecule has 0 atom stereocenters. The number of carbonyl (C=O) groups excluding carboxylic acids is 2. The molecule has 1 aliphatic heterocycles. The highest BCUT2D eigenvalue weighted by molar-refractivity contribution is 7.12. The Hall–Kier alpha value is -2.14. The summed E-state index contributed by atoms with van der Waals surface area (Å²) in [5.41, 5.74) is 1.10. The van der Waals surface area contributed by atoms with E-state index in [1.165, 1.54) is 11.3 Å². The molecule has 0 bridgehead atoms. The van der Waals surface area contributed by atoms with E-state index in [4.69, 9.17) is 0 Å². The van der Waals surface area contributed by atoms with Gasteiger partial charge in [-0.25, -0.2) is 0 Å². The first-order chi connectivity index (χ1) is 11.2. The standard InChI is InChI=1S/C18H20N2O2S/c21-17(19-13-14-5-2-1-3-6-14)15-8-10-20(11-9-15)18(22)16-7-4-12-23-16/h1-7,12,15H,8-11,13H2,(H,19,21). The SMILES string of the molecule is O=C(NCc1ccccc1)C1CCN(C(=O)c2cccs2)CC1. The van der Waals surface area contributed by atoms with E-state index in [1.54, 1.807) is 0 Å². The summed E-state index contributed by atoms with van der Waals surface area (Å²) in [5, 5.41) is 4.91. The number of thiophene rings is 1. The van der Waals surface area contributed by atoms with Crippen LogP contribution in [0.3, 0.4) is 0 Å². The third-order valence-electron chi connectivity index (χ3n) is 4.19. The molecule has 1 fully saturated rings. The Morgan fingerprint density at radius 1 is 1.09 bits per heavy atom. The van der Waals surface area contributed by atoms with E-state index in [0.29, 0.717) is 19.6 Å². The zero-order valence-corrected chi connectivity index (χ0v) is 13.7. The minimum absolute atomic E-state index is 0.00565. The van der Waals surface area contributed by atoms with Crippen LogP contribution < -0.4 is 5.32 Å². The number of nitrogens with one attached hydrogen (secondary N) is 1. The fourth-order valence-corrected chi connectivity index (χ4v) is 3.52. The summed E-state index contributed by atoms with van der Waals surface area (Å²) in [6.45, 7) is 1.87. The van der Waals surface area contributed by atoms with Crippen LogP contribution in [-0.2, 0) is 11.3 Å². The average Bonchev–Trinajstić information content (AvgIpc) is 3.15. The number of benzene rings is 1. The molecule has 4 nitrogen and oxygen atoms in total. The van der Waals surface area contributed by atoms with Crippen LogP contribution in [0.15, 0.2) is 47.8 Å². The van der Waals surface area contributed by atoms with Crippen molar-refractivity contribution in [3.05, 3.63) is 58.3 Å². The normalized spacial score (nSPS) is 15.4. The Kier molecular flexibility index (Phi) is 5.08. The predicted octanol–water partition coefficient (Wildman–Crippen LogP) is 2.92. The molecule has 0 unspecified atom stereocenters. The van der Waals surface area contributed by atoms with Gasteiger partial charge in [-0.05, 0) is 29.9 Å². The van der Waals surface area contributed by atoms with Crippen molar-refractivity contribution in [1.82, 2.24) is 10.2 Å². The Labute approximate surface area is 140 Å². The lowest BCUT2D eigenvalue weighted by Crippen LogP contribution is -2.42. The molecule has 2 amide bonds. The van der Waals surface area contributed by atoms with Crippen LogP contribution in [0.5, 0.6) is 0 Å². The molecule has 1 saturated heterocycles. The third-order valence-corrected chi connectivity index (χ3v) is 5.05. The molecule has 0 spiro atoms. The highest BCUT2D eigenvalue weighted by Gasteiger charge is 2.27. The van der Waals surface area contributed by atoms with E-state index in [9.17, 15) is 9.59 Å². The van der Waals surface area contributed by atoms with Gasteiger partial charge in [0.2, 0.25) is 5.91 Å². The largest absolute Gasteiger partial charge is 0.352 e. The number of piperidine rings is 1. The van der Waals surface area contributed by atoms with Crippen molar-refractivity contribution >= 4 is 23.2 Å². The van der Waals surface area contributed by atoms with Gasteiger partial charge >= 0.3 is 0 Å². The molecular formula is C18H20N2O2S. The molecule has 1 aromatic heterocycles. The quantitative estimate of drug-likeness (QED) is 0.938.